The molecule has 0 aromatic carbocycles. The number of nitrogens with one attached hydrogen (secondary N) is 1. The van der Waals surface area contributed by atoms with Crippen LogP contribution in [0.1, 0.15) is 200 Å². The Hall–Kier alpha value is -0.780. The number of carbonyl (C=O) groups is 2. The largest absolute Gasteiger partial charge is 0.383 e. The Bertz CT molecular complexity index is 624. The zero-order valence-corrected chi connectivity index (χ0v) is 30.3. The van der Waals surface area contributed by atoms with Gasteiger partial charge in [0.15, 0.2) is 11.6 Å². The molecule has 0 saturated heterocycles. The second-order valence-electron chi connectivity index (χ2n) is 14.0. The van der Waals surface area contributed by atoms with E-state index in [1.807, 2.05) is 14.1 Å². The fraction of sp³-hybridized carbons (Fsp3) is 0.949. The highest BCUT2D eigenvalue weighted by atomic mass is 16.3. The van der Waals surface area contributed by atoms with Crippen LogP contribution in [0.3, 0.4) is 0 Å². The van der Waals surface area contributed by atoms with Gasteiger partial charge in [0.1, 0.15) is 6.10 Å². The summed E-state index contributed by atoms with van der Waals surface area (Å²) in [4.78, 5) is 28.1. The monoisotopic (exact) mass is 623 g/mol. The van der Waals surface area contributed by atoms with E-state index in [9.17, 15) is 14.7 Å². The number of aliphatic hydroxyl groups excluding tert-OH is 1. The summed E-state index contributed by atoms with van der Waals surface area (Å²) in [7, 11) is 4.07. The molecule has 2 N–H and O–H groups in total. The summed E-state index contributed by atoms with van der Waals surface area (Å²) in [6.07, 6.45) is 33.5. The lowest BCUT2D eigenvalue weighted by Crippen LogP contribution is -2.50. The molecule has 0 aromatic heterocycles. The van der Waals surface area contributed by atoms with Crippen molar-refractivity contribution in [1.82, 2.24) is 10.2 Å². The van der Waals surface area contributed by atoms with E-state index in [0.717, 1.165) is 45.1 Å². The van der Waals surface area contributed by atoms with E-state index in [1.165, 1.54) is 135 Å². The molecule has 0 spiro atoms. The number of ketones is 2. The van der Waals surface area contributed by atoms with Gasteiger partial charge in [0.25, 0.3) is 0 Å². The van der Waals surface area contributed by atoms with Gasteiger partial charge >= 0.3 is 0 Å². The smallest absolute Gasteiger partial charge is 0.163 e. The van der Waals surface area contributed by atoms with Crippen molar-refractivity contribution in [2.75, 3.05) is 27.2 Å². The molecule has 5 nitrogen and oxygen atoms in total. The Morgan fingerprint density at radius 3 is 1.16 bits per heavy atom. The van der Waals surface area contributed by atoms with E-state index in [2.05, 4.69) is 24.1 Å². The topological polar surface area (TPSA) is 69.6 Å². The highest BCUT2D eigenvalue weighted by molar-refractivity contribution is 5.93. The molecule has 0 radical (unpaired) electrons. The number of hydrogen-bond donors (Lipinski definition) is 2. The molecular weight excluding hydrogens is 544 g/mol. The number of hydrogen-bond acceptors (Lipinski definition) is 5. The highest BCUT2D eigenvalue weighted by Gasteiger charge is 2.30. The predicted octanol–water partition coefficient (Wildman–Crippen LogP) is 10.4. The molecule has 0 rings (SSSR count). The lowest BCUT2D eigenvalue weighted by Gasteiger charge is -2.23. The molecular formula is C39H78N2O3. The van der Waals surface area contributed by atoms with Crippen molar-refractivity contribution in [3.63, 3.8) is 0 Å². The van der Waals surface area contributed by atoms with Gasteiger partial charge in [0, 0.05) is 12.8 Å². The molecule has 0 aliphatic carbocycles. The molecule has 0 aliphatic heterocycles. The van der Waals surface area contributed by atoms with Crippen LogP contribution in [0.15, 0.2) is 0 Å². The summed E-state index contributed by atoms with van der Waals surface area (Å²) in [5, 5.41) is 14.2. The van der Waals surface area contributed by atoms with Crippen molar-refractivity contribution >= 4 is 11.6 Å². The Morgan fingerprint density at radius 2 is 0.818 bits per heavy atom. The summed E-state index contributed by atoms with van der Waals surface area (Å²) >= 11 is 0. The standard InChI is InChI=1S/C39H78N2O3/c1-5-7-9-11-13-15-17-19-21-23-25-27-29-32-36(42)38(40-34-31-35-41(3)4)39(44)37(43)33-30-28-26-24-22-20-18-16-14-12-10-8-6-2/h38-40,44H,5-35H2,1-4H3/t38?,39-/m0/s1. The van der Waals surface area contributed by atoms with Crippen molar-refractivity contribution in [3.05, 3.63) is 0 Å². The van der Waals surface area contributed by atoms with E-state index in [0.29, 0.717) is 19.4 Å². The summed E-state index contributed by atoms with van der Waals surface area (Å²) in [5.41, 5.74) is 0. The van der Waals surface area contributed by atoms with Crippen LogP contribution in [-0.2, 0) is 9.59 Å². The fourth-order valence-electron chi connectivity index (χ4n) is 6.18. The molecule has 0 bridgehead atoms. The van der Waals surface area contributed by atoms with Crippen molar-refractivity contribution in [3.8, 4) is 0 Å². The highest BCUT2D eigenvalue weighted by Crippen LogP contribution is 2.16. The van der Waals surface area contributed by atoms with Crippen LogP contribution in [0.2, 0.25) is 0 Å². The normalized spacial score (nSPS) is 13.0. The average molecular weight is 623 g/mol. The van der Waals surface area contributed by atoms with Gasteiger partial charge < -0.3 is 15.3 Å². The van der Waals surface area contributed by atoms with Crippen molar-refractivity contribution in [2.45, 2.75) is 212 Å². The molecule has 44 heavy (non-hydrogen) atoms. The first kappa shape index (κ1) is 43.2. The second kappa shape index (κ2) is 33.6. The molecule has 0 saturated carbocycles. The second-order valence-corrected chi connectivity index (χ2v) is 14.0. The van der Waals surface area contributed by atoms with Gasteiger partial charge in [-0.15, -0.1) is 0 Å². The molecule has 262 valence electrons. The van der Waals surface area contributed by atoms with Gasteiger partial charge in [-0.05, 0) is 46.4 Å². The maximum absolute atomic E-state index is 13.1. The van der Waals surface area contributed by atoms with E-state index < -0.39 is 12.1 Å². The zero-order valence-electron chi connectivity index (χ0n) is 30.3. The molecule has 0 fully saturated rings. The van der Waals surface area contributed by atoms with Crippen LogP contribution in [0.4, 0.5) is 0 Å². The Morgan fingerprint density at radius 1 is 0.500 bits per heavy atom. The first-order valence-corrected chi connectivity index (χ1v) is 19.6. The summed E-state index contributed by atoms with van der Waals surface area (Å²) in [6.45, 7) is 6.08. The Labute approximate surface area is 275 Å². The van der Waals surface area contributed by atoms with Crippen molar-refractivity contribution in [1.29, 1.82) is 0 Å². The minimum atomic E-state index is -1.22. The first-order valence-electron chi connectivity index (χ1n) is 19.6. The number of carbonyl (C=O) groups excluding carboxylic acids is 2. The molecule has 0 aromatic rings. The number of Topliss-reactive ketones (excluding diaryl/α,β-unsaturated/α-hetero) is 2. The fourth-order valence-corrected chi connectivity index (χ4v) is 6.18. The van der Waals surface area contributed by atoms with Crippen LogP contribution in [0.25, 0.3) is 0 Å². The maximum Gasteiger partial charge on any atom is 0.163 e. The predicted molar refractivity (Wildman–Crippen MR) is 192 cm³/mol. The third-order valence-corrected chi connectivity index (χ3v) is 9.19. The lowest BCUT2D eigenvalue weighted by molar-refractivity contribution is -0.135. The molecule has 0 heterocycles. The van der Waals surface area contributed by atoms with Gasteiger partial charge in [-0.1, -0.05) is 168 Å². The zero-order chi connectivity index (χ0) is 32.5. The van der Waals surface area contributed by atoms with E-state index >= 15 is 0 Å². The van der Waals surface area contributed by atoms with Crippen LogP contribution < -0.4 is 5.32 Å². The third-order valence-electron chi connectivity index (χ3n) is 9.19. The van der Waals surface area contributed by atoms with E-state index in [4.69, 9.17) is 0 Å². The third kappa shape index (κ3) is 28.7. The van der Waals surface area contributed by atoms with Gasteiger partial charge in [-0.3, -0.25) is 9.59 Å². The minimum Gasteiger partial charge on any atom is -0.383 e. The summed E-state index contributed by atoms with van der Waals surface area (Å²) in [6, 6.07) is -0.760. The average Bonchev–Trinajstić information content (AvgIpc) is 3.01. The Kier molecular flexibility index (Phi) is 33.0. The molecule has 1 unspecified atom stereocenters. The number of nitrogens with zero attached hydrogens (tertiary/aromatic N) is 1. The number of rotatable bonds is 36. The molecule has 5 heteroatoms. The van der Waals surface area contributed by atoms with Crippen molar-refractivity contribution < 1.29 is 14.7 Å². The summed E-state index contributed by atoms with van der Waals surface area (Å²) in [5.74, 6) is -0.166. The van der Waals surface area contributed by atoms with Gasteiger partial charge in [-0.25, -0.2) is 0 Å². The summed E-state index contributed by atoms with van der Waals surface area (Å²) < 4.78 is 0. The first-order chi connectivity index (χ1) is 21.4. The van der Waals surface area contributed by atoms with E-state index in [-0.39, 0.29) is 11.6 Å². The molecule has 0 amide bonds. The van der Waals surface area contributed by atoms with Gasteiger partial charge in [0.05, 0.1) is 6.04 Å². The molecule has 0 aliphatic rings. The van der Waals surface area contributed by atoms with Crippen LogP contribution in [-0.4, -0.2) is 60.9 Å². The number of unbranched alkanes of at least 4 members (excludes halogenated alkanes) is 24. The van der Waals surface area contributed by atoms with Crippen LogP contribution >= 0.6 is 0 Å². The van der Waals surface area contributed by atoms with Crippen LogP contribution in [0.5, 0.6) is 0 Å². The van der Waals surface area contributed by atoms with Gasteiger partial charge in [0.2, 0.25) is 0 Å². The lowest BCUT2D eigenvalue weighted by atomic mass is 9.95. The maximum atomic E-state index is 13.1. The SMILES string of the molecule is CCCCCCCCCCCCCCCC(=O)C(NCCCN(C)C)[C@@H](O)C(=O)CCCCCCCCCCCCCCC. The van der Waals surface area contributed by atoms with Crippen molar-refractivity contribution in [2.24, 2.45) is 0 Å². The van der Waals surface area contributed by atoms with Gasteiger partial charge in [-0.2, -0.15) is 0 Å². The molecule has 2 atom stereocenters. The van der Waals surface area contributed by atoms with Crippen LogP contribution in [0, 0.1) is 0 Å². The minimum absolute atomic E-state index is 0.00383. The van der Waals surface area contributed by atoms with E-state index in [1.54, 1.807) is 0 Å². The number of aliphatic hydroxyl groups is 1. The quantitative estimate of drug-likeness (QED) is 0.0680. The Balaban J connectivity index is 4.17.